The molecule has 3 heterocycles. The molecule has 1 aliphatic heterocycles. The van der Waals surface area contributed by atoms with Gasteiger partial charge in [0.05, 0.1) is 22.5 Å². The van der Waals surface area contributed by atoms with Gasteiger partial charge in [-0.1, -0.05) is 12.1 Å². The molecule has 36 heavy (non-hydrogen) atoms. The number of benzene rings is 1. The molecule has 0 spiro atoms. The SMILES string of the molecule is CNC(C)c1cn(-c2cc(C(=O)NC(C)(C)COc3cccc4c3C(N)=NS(=O)(=O)C4)ccn2)cn1. The first kappa shape index (κ1) is 25.3. The molecule has 2 aromatic heterocycles. The van der Waals surface area contributed by atoms with Gasteiger partial charge in [-0.2, -0.15) is 0 Å². The number of pyridine rings is 1. The Morgan fingerprint density at radius 3 is 2.81 bits per heavy atom. The predicted octanol–water partition coefficient (Wildman–Crippen LogP) is 1.68. The summed E-state index contributed by atoms with van der Waals surface area (Å²) < 4.78 is 35.1. The summed E-state index contributed by atoms with van der Waals surface area (Å²) in [6.07, 6.45) is 5.09. The Balaban J connectivity index is 1.46. The molecule has 0 aliphatic carbocycles. The minimum absolute atomic E-state index is 0.0831. The van der Waals surface area contributed by atoms with Gasteiger partial charge in [0.2, 0.25) is 0 Å². The van der Waals surface area contributed by atoms with Gasteiger partial charge in [0.1, 0.15) is 30.3 Å². The third kappa shape index (κ3) is 5.55. The van der Waals surface area contributed by atoms with Crippen molar-refractivity contribution in [3.05, 3.63) is 71.4 Å². The second kappa shape index (κ2) is 9.70. The Labute approximate surface area is 209 Å². The third-order valence-electron chi connectivity index (χ3n) is 5.74. The number of carbonyl (C=O) groups is 1. The summed E-state index contributed by atoms with van der Waals surface area (Å²) in [7, 11) is -1.78. The van der Waals surface area contributed by atoms with Crippen LogP contribution in [0.4, 0.5) is 0 Å². The fraction of sp³-hybridized carbons (Fsp3) is 0.333. The lowest BCUT2D eigenvalue weighted by Gasteiger charge is -2.27. The van der Waals surface area contributed by atoms with Crippen LogP contribution in [-0.4, -0.2) is 53.9 Å². The van der Waals surface area contributed by atoms with Crippen LogP contribution in [0, 0.1) is 0 Å². The van der Waals surface area contributed by atoms with Crippen LogP contribution >= 0.6 is 0 Å². The number of nitrogens with two attached hydrogens (primary N) is 1. The summed E-state index contributed by atoms with van der Waals surface area (Å²) in [6, 6.07) is 8.48. The van der Waals surface area contributed by atoms with Crippen LogP contribution in [0.25, 0.3) is 5.82 Å². The number of sulfonamides is 1. The molecular weight excluding hydrogens is 482 g/mol. The van der Waals surface area contributed by atoms with Crippen molar-refractivity contribution < 1.29 is 17.9 Å². The van der Waals surface area contributed by atoms with Crippen molar-refractivity contribution in [3.63, 3.8) is 0 Å². The van der Waals surface area contributed by atoms with Crippen molar-refractivity contribution >= 4 is 21.8 Å². The maximum absolute atomic E-state index is 13.0. The smallest absolute Gasteiger partial charge is 0.259 e. The van der Waals surface area contributed by atoms with Crippen molar-refractivity contribution in [2.24, 2.45) is 10.1 Å². The van der Waals surface area contributed by atoms with Gasteiger partial charge < -0.3 is 21.1 Å². The van der Waals surface area contributed by atoms with E-state index in [1.807, 2.05) is 34.0 Å². The Morgan fingerprint density at radius 1 is 1.28 bits per heavy atom. The summed E-state index contributed by atoms with van der Waals surface area (Å²) in [5.41, 5.74) is 7.43. The van der Waals surface area contributed by atoms with E-state index in [9.17, 15) is 13.2 Å². The molecule has 1 unspecified atom stereocenters. The Kier molecular flexibility index (Phi) is 6.83. The highest BCUT2D eigenvalue weighted by molar-refractivity contribution is 7.89. The van der Waals surface area contributed by atoms with Crippen LogP contribution < -0.4 is 21.1 Å². The lowest BCUT2D eigenvalue weighted by molar-refractivity contribution is 0.0880. The molecule has 0 radical (unpaired) electrons. The quantitative estimate of drug-likeness (QED) is 0.413. The molecule has 0 saturated carbocycles. The summed E-state index contributed by atoms with van der Waals surface area (Å²) in [6.45, 7) is 5.76. The van der Waals surface area contributed by atoms with Crippen LogP contribution in [0.2, 0.25) is 0 Å². The lowest BCUT2D eigenvalue weighted by atomic mass is 10.0. The number of amidine groups is 1. The molecule has 0 saturated heterocycles. The van der Waals surface area contributed by atoms with E-state index in [2.05, 4.69) is 25.0 Å². The second-order valence-corrected chi connectivity index (χ2v) is 10.9. The van der Waals surface area contributed by atoms with E-state index in [1.165, 1.54) is 0 Å². The molecule has 0 fully saturated rings. The largest absolute Gasteiger partial charge is 0.490 e. The van der Waals surface area contributed by atoms with E-state index in [1.54, 1.807) is 47.4 Å². The van der Waals surface area contributed by atoms with E-state index in [0.717, 1.165) is 5.69 Å². The van der Waals surface area contributed by atoms with Crippen LogP contribution in [0.1, 0.15) is 54.0 Å². The Bertz CT molecular complexity index is 1430. The van der Waals surface area contributed by atoms with Gasteiger partial charge in [-0.05, 0) is 51.6 Å². The van der Waals surface area contributed by atoms with E-state index < -0.39 is 15.6 Å². The van der Waals surface area contributed by atoms with Gasteiger partial charge in [-0.15, -0.1) is 4.40 Å². The van der Waals surface area contributed by atoms with E-state index >= 15 is 0 Å². The lowest BCUT2D eigenvalue weighted by Crippen LogP contribution is -2.48. The molecule has 12 heteroatoms. The van der Waals surface area contributed by atoms with E-state index in [0.29, 0.717) is 28.3 Å². The highest BCUT2D eigenvalue weighted by atomic mass is 32.2. The molecule has 190 valence electrons. The van der Waals surface area contributed by atoms with Crippen molar-refractivity contribution in [1.82, 2.24) is 25.2 Å². The first-order chi connectivity index (χ1) is 17.0. The van der Waals surface area contributed by atoms with Crippen molar-refractivity contribution in [2.45, 2.75) is 38.1 Å². The minimum atomic E-state index is -3.64. The normalized spacial score (nSPS) is 15.5. The van der Waals surface area contributed by atoms with Crippen molar-refractivity contribution in [3.8, 4) is 11.6 Å². The number of aromatic nitrogens is 3. The van der Waals surface area contributed by atoms with Gasteiger partial charge in [0.15, 0.2) is 0 Å². The number of imidazole rings is 1. The molecule has 11 nitrogen and oxygen atoms in total. The molecule has 1 aromatic carbocycles. The summed E-state index contributed by atoms with van der Waals surface area (Å²) >= 11 is 0. The highest BCUT2D eigenvalue weighted by Gasteiger charge is 2.27. The first-order valence-corrected chi connectivity index (χ1v) is 12.9. The molecule has 1 amide bonds. The average Bonchev–Trinajstić information content (AvgIpc) is 3.31. The standard InChI is InChI=1S/C24H29N7O4S/c1-15(26-4)18-11-31(14-28-18)20-10-16(8-9-27-20)23(32)29-24(2,3)13-35-19-7-5-6-17-12-36(33,34)30-22(25)21(17)19/h5-11,14-15,26H,12-13H2,1-4H3,(H2,25,30)(H,29,32). The van der Waals surface area contributed by atoms with Crippen molar-refractivity contribution in [1.29, 1.82) is 0 Å². The topological polar surface area (TPSA) is 154 Å². The molecule has 0 bridgehead atoms. The molecule has 1 aliphatic rings. The molecule has 3 aromatic rings. The summed E-state index contributed by atoms with van der Waals surface area (Å²) in [4.78, 5) is 21.8. The fourth-order valence-electron chi connectivity index (χ4n) is 3.74. The summed E-state index contributed by atoms with van der Waals surface area (Å²) in [5.74, 6) is 0.336. The van der Waals surface area contributed by atoms with Gasteiger partial charge in [-0.25, -0.2) is 18.4 Å². The molecular formula is C24H29N7O4S. The molecule has 1 atom stereocenters. The summed E-state index contributed by atoms with van der Waals surface area (Å²) in [5, 5.41) is 6.11. The number of hydrogen-bond acceptors (Lipinski definition) is 8. The number of hydrogen-bond donors (Lipinski definition) is 3. The number of rotatable bonds is 8. The fourth-order valence-corrected chi connectivity index (χ4v) is 4.83. The minimum Gasteiger partial charge on any atom is -0.490 e. The third-order valence-corrected chi connectivity index (χ3v) is 6.89. The zero-order chi connectivity index (χ0) is 26.1. The van der Waals surface area contributed by atoms with Gasteiger partial charge >= 0.3 is 0 Å². The predicted molar refractivity (Wildman–Crippen MR) is 136 cm³/mol. The second-order valence-electron chi connectivity index (χ2n) is 9.24. The molecule has 4 rings (SSSR count). The zero-order valence-electron chi connectivity index (χ0n) is 20.5. The number of ether oxygens (including phenoxy) is 1. The Morgan fingerprint density at radius 2 is 2.06 bits per heavy atom. The number of carbonyl (C=O) groups excluding carboxylic acids is 1. The molecule has 4 N–H and O–H groups in total. The highest BCUT2D eigenvalue weighted by Crippen LogP contribution is 2.28. The van der Waals surface area contributed by atoms with E-state index in [4.69, 9.17) is 10.5 Å². The number of fused-ring (bicyclic) bond motifs is 1. The number of nitrogens with zero attached hydrogens (tertiary/aromatic N) is 4. The first-order valence-electron chi connectivity index (χ1n) is 11.3. The van der Waals surface area contributed by atoms with Gasteiger partial charge in [0.25, 0.3) is 15.9 Å². The van der Waals surface area contributed by atoms with Crippen LogP contribution in [0.15, 0.2) is 53.5 Å². The average molecular weight is 512 g/mol. The number of amides is 1. The van der Waals surface area contributed by atoms with Crippen LogP contribution in [0.3, 0.4) is 0 Å². The van der Waals surface area contributed by atoms with Crippen molar-refractivity contribution in [2.75, 3.05) is 13.7 Å². The zero-order valence-corrected chi connectivity index (χ0v) is 21.3. The van der Waals surface area contributed by atoms with Gasteiger partial charge in [0, 0.05) is 24.0 Å². The van der Waals surface area contributed by atoms with Crippen LogP contribution in [0.5, 0.6) is 5.75 Å². The maximum atomic E-state index is 13.0. The number of nitrogens with one attached hydrogen (secondary N) is 2. The van der Waals surface area contributed by atoms with Gasteiger partial charge in [-0.3, -0.25) is 9.36 Å². The Hall–Kier alpha value is -3.77. The maximum Gasteiger partial charge on any atom is 0.259 e. The van der Waals surface area contributed by atoms with Crippen LogP contribution in [-0.2, 0) is 15.8 Å². The monoisotopic (exact) mass is 511 g/mol. The van der Waals surface area contributed by atoms with E-state index in [-0.39, 0.29) is 30.1 Å².